The van der Waals surface area contributed by atoms with E-state index in [1.54, 1.807) is 18.5 Å². The van der Waals surface area contributed by atoms with Gasteiger partial charge in [0.1, 0.15) is 0 Å². The Morgan fingerprint density at radius 2 is 1.76 bits per heavy atom. The molecule has 0 unspecified atom stereocenters. The van der Waals surface area contributed by atoms with E-state index in [-0.39, 0.29) is 24.3 Å². The molecular weight excluding hydrogens is 428 g/mol. The number of aryl methyl sites for hydroxylation is 3. The molecule has 1 fully saturated rings. The second-order valence-electron chi connectivity index (χ2n) is 9.27. The molecular formula is C27H30N4O3. The first-order chi connectivity index (χ1) is 16.5. The molecule has 34 heavy (non-hydrogen) atoms. The number of carbonyl (C=O) groups excluding carboxylic acids is 2. The smallest absolute Gasteiger partial charge is 0.309 e. The number of piperidine rings is 1. The van der Waals surface area contributed by atoms with Gasteiger partial charge in [0.15, 0.2) is 6.61 Å². The third-order valence-electron chi connectivity index (χ3n) is 7.08. The highest BCUT2D eigenvalue weighted by Crippen LogP contribution is 2.28. The summed E-state index contributed by atoms with van der Waals surface area (Å²) in [7, 11) is 0. The van der Waals surface area contributed by atoms with Crippen LogP contribution in [0.4, 0.5) is 5.95 Å². The van der Waals surface area contributed by atoms with Crippen molar-refractivity contribution in [1.82, 2.24) is 14.5 Å². The van der Waals surface area contributed by atoms with Crippen molar-refractivity contribution in [1.29, 1.82) is 0 Å². The van der Waals surface area contributed by atoms with Crippen LogP contribution in [0, 0.1) is 19.8 Å². The third-order valence-corrected chi connectivity index (χ3v) is 7.08. The Hall–Kier alpha value is -3.48. The van der Waals surface area contributed by atoms with Gasteiger partial charge < -0.3 is 14.2 Å². The van der Waals surface area contributed by atoms with Gasteiger partial charge in [0.05, 0.1) is 5.92 Å². The molecule has 0 saturated carbocycles. The highest BCUT2D eigenvalue weighted by atomic mass is 16.5. The molecule has 7 nitrogen and oxygen atoms in total. The number of esters is 1. The minimum atomic E-state index is -0.297. The van der Waals surface area contributed by atoms with Gasteiger partial charge in [-0.3, -0.25) is 9.59 Å². The lowest BCUT2D eigenvalue weighted by Crippen LogP contribution is -2.38. The lowest BCUT2D eigenvalue weighted by molar-refractivity contribution is -0.148. The van der Waals surface area contributed by atoms with Crippen LogP contribution < -0.4 is 4.90 Å². The van der Waals surface area contributed by atoms with Crippen molar-refractivity contribution in [3.05, 3.63) is 70.8 Å². The summed E-state index contributed by atoms with van der Waals surface area (Å²) in [5.41, 5.74) is 6.41. The molecule has 3 aromatic rings. The molecule has 3 heterocycles. The third kappa shape index (κ3) is 4.34. The summed E-state index contributed by atoms with van der Waals surface area (Å²) in [6, 6.07) is 10.3. The van der Waals surface area contributed by atoms with E-state index in [0.717, 1.165) is 29.9 Å². The number of ketones is 1. The molecule has 0 spiro atoms. The summed E-state index contributed by atoms with van der Waals surface area (Å²) in [5, 5.41) is 0. The molecule has 2 aromatic heterocycles. The Bertz CT molecular complexity index is 1210. The molecule has 0 atom stereocenters. The van der Waals surface area contributed by atoms with E-state index >= 15 is 0 Å². The van der Waals surface area contributed by atoms with Crippen LogP contribution in [0.15, 0.2) is 42.7 Å². The fourth-order valence-corrected chi connectivity index (χ4v) is 5.24. The summed E-state index contributed by atoms with van der Waals surface area (Å²) in [4.78, 5) is 36.2. The van der Waals surface area contributed by atoms with E-state index in [1.165, 1.54) is 17.5 Å². The number of aromatic nitrogens is 3. The fraction of sp³-hybridized carbons (Fsp3) is 0.407. The molecule has 7 heteroatoms. The number of anilines is 1. The molecule has 0 amide bonds. The minimum Gasteiger partial charge on any atom is -0.457 e. The van der Waals surface area contributed by atoms with Gasteiger partial charge in [0.2, 0.25) is 11.7 Å². The molecule has 0 N–H and O–H groups in total. The van der Waals surface area contributed by atoms with Gasteiger partial charge >= 0.3 is 5.97 Å². The number of benzene rings is 1. The van der Waals surface area contributed by atoms with E-state index in [9.17, 15) is 9.59 Å². The maximum Gasteiger partial charge on any atom is 0.309 e. The lowest BCUT2D eigenvalue weighted by atomic mass is 9.97. The zero-order valence-electron chi connectivity index (χ0n) is 19.8. The van der Waals surface area contributed by atoms with Crippen LogP contribution in [0.25, 0.3) is 5.69 Å². The molecule has 1 aliphatic heterocycles. The summed E-state index contributed by atoms with van der Waals surface area (Å²) < 4.78 is 7.58. The monoisotopic (exact) mass is 458 g/mol. The topological polar surface area (TPSA) is 77.3 Å². The largest absolute Gasteiger partial charge is 0.457 e. The molecule has 5 rings (SSSR count). The Morgan fingerprint density at radius 1 is 1.03 bits per heavy atom. The molecule has 1 aliphatic carbocycles. The van der Waals surface area contributed by atoms with Gasteiger partial charge in [-0.15, -0.1) is 0 Å². The first kappa shape index (κ1) is 22.3. The number of hydrogen-bond acceptors (Lipinski definition) is 6. The van der Waals surface area contributed by atoms with Crippen LogP contribution in [0.5, 0.6) is 0 Å². The molecule has 1 aromatic carbocycles. The van der Waals surface area contributed by atoms with Crippen molar-refractivity contribution in [2.75, 3.05) is 24.6 Å². The fourth-order valence-electron chi connectivity index (χ4n) is 5.24. The van der Waals surface area contributed by atoms with Gasteiger partial charge in [-0.1, -0.05) is 6.07 Å². The lowest BCUT2D eigenvalue weighted by Gasteiger charge is -2.30. The second-order valence-corrected chi connectivity index (χ2v) is 9.27. The summed E-state index contributed by atoms with van der Waals surface area (Å²) in [5.74, 6) is 0.0215. The summed E-state index contributed by atoms with van der Waals surface area (Å²) >= 11 is 0. The number of hydrogen-bond donors (Lipinski definition) is 0. The number of Topliss-reactive ketones (excluding diaryl/α,β-unsaturated/α-hetero) is 1. The van der Waals surface area contributed by atoms with Crippen LogP contribution in [-0.4, -0.2) is 46.0 Å². The number of rotatable bonds is 6. The van der Waals surface area contributed by atoms with Gasteiger partial charge in [-0.2, -0.15) is 0 Å². The maximum absolute atomic E-state index is 13.0. The Labute approximate surface area is 199 Å². The zero-order chi connectivity index (χ0) is 23.7. The van der Waals surface area contributed by atoms with Crippen molar-refractivity contribution in [3.63, 3.8) is 0 Å². The zero-order valence-corrected chi connectivity index (χ0v) is 19.8. The van der Waals surface area contributed by atoms with Crippen LogP contribution in [0.2, 0.25) is 0 Å². The molecule has 2 aliphatic rings. The number of nitrogens with zero attached hydrogens (tertiary/aromatic N) is 4. The van der Waals surface area contributed by atoms with Crippen molar-refractivity contribution < 1.29 is 14.3 Å². The van der Waals surface area contributed by atoms with Crippen molar-refractivity contribution >= 4 is 17.7 Å². The average Bonchev–Trinajstić information content (AvgIpc) is 3.46. The number of ether oxygens (including phenoxy) is 1. The molecule has 0 bridgehead atoms. The van der Waals surface area contributed by atoms with E-state index in [4.69, 9.17) is 4.74 Å². The Balaban J connectivity index is 1.20. The van der Waals surface area contributed by atoms with E-state index in [2.05, 4.69) is 37.6 Å². The first-order valence-electron chi connectivity index (χ1n) is 12.0. The first-order valence-corrected chi connectivity index (χ1v) is 12.0. The number of carbonyl (C=O) groups is 2. The van der Waals surface area contributed by atoms with Gasteiger partial charge in [-0.05, 0) is 81.3 Å². The Kier molecular flexibility index (Phi) is 6.18. The predicted octanol–water partition coefficient (Wildman–Crippen LogP) is 4.02. The highest BCUT2D eigenvalue weighted by Gasteiger charge is 2.28. The summed E-state index contributed by atoms with van der Waals surface area (Å²) in [6.07, 6.45) is 8.23. The quantitative estimate of drug-likeness (QED) is 0.410. The second kappa shape index (κ2) is 9.41. The number of fused-ring (bicyclic) bond motifs is 1. The molecule has 176 valence electrons. The molecule has 1 saturated heterocycles. The van der Waals surface area contributed by atoms with Crippen LogP contribution in [0.1, 0.15) is 52.1 Å². The predicted molar refractivity (Wildman–Crippen MR) is 130 cm³/mol. The van der Waals surface area contributed by atoms with Gasteiger partial charge in [0, 0.05) is 48.1 Å². The van der Waals surface area contributed by atoms with Crippen LogP contribution in [-0.2, 0) is 22.4 Å². The standard InChI is InChI=1S/C27H30N4O3/c1-18-15-24(19(2)31(18)23-8-7-20-5-3-6-22(20)16-23)25(32)17-34-26(33)21-9-13-30(14-10-21)27-28-11-4-12-29-27/h4,7-8,11-12,15-16,21H,3,5-6,9-10,13-14,17H2,1-2H3. The van der Waals surface area contributed by atoms with Gasteiger partial charge in [0.25, 0.3) is 0 Å². The van der Waals surface area contributed by atoms with Crippen molar-refractivity contribution in [2.45, 2.75) is 46.0 Å². The highest BCUT2D eigenvalue weighted by molar-refractivity contribution is 5.99. The van der Waals surface area contributed by atoms with Crippen LogP contribution >= 0.6 is 0 Å². The van der Waals surface area contributed by atoms with Crippen LogP contribution in [0.3, 0.4) is 0 Å². The van der Waals surface area contributed by atoms with E-state index in [0.29, 0.717) is 37.4 Å². The van der Waals surface area contributed by atoms with E-state index in [1.807, 2.05) is 19.9 Å². The van der Waals surface area contributed by atoms with E-state index < -0.39 is 0 Å². The SMILES string of the molecule is Cc1cc(C(=O)COC(=O)C2CCN(c3ncccn3)CC2)c(C)n1-c1ccc2c(c1)CCC2. The summed E-state index contributed by atoms with van der Waals surface area (Å²) in [6.45, 7) is 5.12. The normalized spacial score (nSPS) is 15.9. The minimum absolute atomic E-state index is 0.163. The van der Waals surface area contributed by atoms with Crippen molar-refractivity contribution in [3.8, 4) is 5.69 Å². The maximum atomic E-state index is 13.0. The average molecular weight is 459 g/mol. The van der Waals surface area contributed by atoms with Crippen molar-refractivity contribution in [2.24, 2.45) is 5.92 Å². The molecule has 0 radical (unpaired) electrons. The Morgan fingerprint density at radius 3 is 2.53 bits per heavy atom. The van der Waals surface area contributed by atoms with Gasteiger partial charge in [-0.25, -0.2) is 9.97 Å².